The number of hydrogen-bond acceptors (Lipinski definition) is 2. The molecule has 0 aliphatic heterocycles. The monoisotopic (exact) mass is 284 g/mol. The van der Waals surface area contributed by atoms with Crippen LogP contribution in [-0.4, -0.2) is 30.4 Å². The summed E-state index contributed by atoms with van der Waals surface area (Å²) in [5, 5.41) is 0. The molecular weight excluding hydrogens is 260 g/mol. The van der Waals surface area contributed by atoms with Crippen molar-refractivity contribution in [3.63, 3.8) is 0 Å². The van der Waals surface area contributed by atoms with Crippen LogP contribution in [0.25, 0.3) is 0 Å². The summed E-state index contributed by atoms with van der Waals surface area (Å²) >= 11 is 0. The van der Waals surface area contributed by atoms with Gasteiger partial charge in [-0.3, -0.25) is 4.79 Å². The van der Waals surface area contributed by atoms with Gasteiger partial charge in [0, 0.05) is 13.1 Å². The van der Waals surface area contributed by atoms with Gasteiger partial charge in [0.05, 0.1) is 5.41 Å². The lowest BCUT2D eigenvalue weighted by atomic mass is 9.56. The van der Waals surface area contributed by atoms with Crippen molar-refractivity contribution < 1.29 is 4.79 Å². The fourth-order valence-electron chi connectivity index (χ4n) is 3.31. The molecule has 1 amide bonds. The van der Waals surface area contributed by atoms with Crippen LogP contribution in [0.1, 0.15) is 18.4 Å². The van der Waals surface area contributed by atoms with Gasteiger partial charge in [0.1, 0.15) is 0 Å². The summed E-state index contributed by atoms with van der Waals surface area (Å²) in [5.74, 6) is 0.361. The Labute approximate surface area is 127 Å². The van der Waals surface area contributed by atoms with E-state index < -0.39 is 5.41 Å². The van der Waals surface area contributed by atoms with E-state index in [9.17, 15) is 4.79 Å². The van der Waals surface area contributed by atoms with E-state index in [1.54, 1.807) is 12.2 Å². The molecule has 3 nitrogen and oxygen atoms in total. The van der Waals surface area contributed by atoms with E-state index in [0.29, 0.717) is 19.6 Å². The van der Waals surface area contributed by atoms with Gasteiger partial charge < -0.3 is 10.6 Å². The van der Waals surface area contributed by atoms with E-state index >= 15 is 0 Å². The molecule has 0 heterocycles. The number of carbonyl (C=O) groups is 1. The molecule has 0 spiro atoms. The second-order valence-corrected chi connectivity index (χ2v) is 5.60. The van der Waals surface area contributed by atoms with Crippen molar-refractivity contribution >= 4 is 5.91 Å². The van der Waals surface area contributed by atoms with E-state index in [2.05, 4.69) is 13.2 Å². The maximum atomic E-state index is 13.2. The van der Waals surface area contributed by atoms with Crippen molar-refractivity contribution in [2.45, 2.75) is 18.3 Å². The van der Waals surface area contributed by atoms with Crippen LogP contribution >= 0.6 is 0 Å². The topological polar surface area (TPSA) is 46.3 Å². The van der Waals surface area contributed by atoms with Crippen LogP contribution < -0.4 is 5.73 Å². The maximum absolute atomic E-state index is 13.2. The predicted octanol–water partition coefficient (Wildman–Crippen LogP) is 2.49. The van der Waals surface area contributed by atoms with E-state index in [1.165, 1.54) is 0 Å². The minimum absolute atomic E-state index is 0.148. The molecule has 0 aromatic heterocycles. The van der Waals surface area contributed by atoms with Crippen molar-refractivity contribution in [2.24, 2.45) is 11.7 Å². The SMILES string of the molecule is C=CCN(CC=C)C(=O)[C@@]1(c2ccccc2)CC[C@H]1CN. The van der Waals surface area contributed by atoms with Crippen LogP contribution in [-0.2, 0) is 10.2 Å². The summed E-state index contributed by atoms with van der Waals surface area (Å²) in [7, 11) is 0. The zero-order chi connectivity index (χ0) is 15.3. The van der Waals surface area contributed by atoms with Crippen LogP contribution in [0.2, 0.25) is 0 Å². The van der Waals surface area contributed by atoms with E-state index in [0.717, 1.165) is 18.4 Å². The van der Waals surface area contributed by atoms with Gasteiger partial charge in [-0.05, 0) is 30.9 Å². The van der Waals surface area contributed by atoms with Crippen LogP contribution in [0.4, 0.5) is 0 Å². The molecule has 1 fully saturated rings. The van der Waals surface area contributed by atoms with Gasteiger partial charge in [0.15, 0.2) is 0 Å². The molecule has 1 aliphatic carbocycles. The zero-order valence-corrected chi connectivity index (χ0v) is 12.5. The van der Waals surface area contributed by atoms with Crippen LogP contribution in [0.5, 0.6) is 0 Å². The summed E-state index contributed by atoms with van der Waals surface area (Å²) in [6.45, 7) is 9.12. The highest BCUT2D eigenvalue weighted by atomic mass is 16.2. The average molecular weight is 284 g/mol. The first-order valence-electron chi connectivity index (χ1n) is 7.47. The predicted molar refractivity (Wildman–Crippen MR) is 86.9 cm³/mol. The molecule has 21 heavy (non-hydrogen) atoms. The Morgan fingerprint density at radius 1 is 1.29 bits per heavy atom. The summed E-state index contributed by atoms with van der Waals surface area (Å²) in [5.41, 5.74) is 6.53. The lowest BCUT2D eigenvalue weighted by Gasteiger charge is -2.50. The van der Waals surface area contributed by atoms with Crippen LogP contribution in [0.3, 0.4) is 0 Å². The number of nitrogens with two attached hydrogens (primary N) is 1. The first-order valence-corrected chi connectivity index (χ1v) is 7.47. The van der Waals surface area contributed by atoms with Crippen LogP contribution in [0.15, 0.2) is 55.6 Å². The van der Waals surface area contributed by atoms with Crippen molar-refractivity contribution in [1.82, 2.24) is 4.90 Å². The summed E-state index contributed by atoms with van der Waals surface area (Å²) < 4.78 is 0. The number of benzene rings is 1. The molecule has 2 N–H and O–H groups in total. The smallest absolute Gasteiger partial charge is 0.234 e. The normalized spacial score (nSPS) is 24.0. The summed E-state index contributed by atoms with van der Waals surface area (Å²) in [4.78, 5) is 15.0. The molecule has 0 radical (unpaired) electrons. The second kappa shape index (κ2) is 6.72. The van der Waals surface area contributed by atoms with Gasteiger partial charge in [-0.2, -0.15) is 0 Å². The quantitative estimate of drug-likeness (QED) is 0.782. The minimum atomic E-state index is -0.470. The largest absolute Gasteiger partial charge is 0.334 e. The van der Waals surface area contributed by atoms with Gasteiger partial charge in [0.25, 0.3) is 0 Å². The van der Waals surface area contributed by atoms with Crippen LogP contribution in [0, 0.1) is 5.92 Å². The van der Waals surface area contributed by atoms with Gasteiger partial charge in [-0.1, -0.05) is 42.5 Å². The standard InChI is InChI=1S/C18H24N2O/c1-3-12-20(13-4-2)17(21)18(11-10-16(18)14-19)15-8-6-5-7-9-15/h3-9,16H,1-2,10-14,19H2/t16-,18+/m0/s1. The highest BCUT2D eigenvalue weighted by molar-refractivity contribution is 5.90. The molecule has 1 aliphatic rings. The molecule has 0 unspecified atom stereocenters. The lowest BCUT2D eigenvalue weighted by molar-refractivity contribution is -0.143. The van der Waals surface area contributed by atoms with E-state index in [4.69, 9.17) is 5.73 Å². The number of hydrogen-bond donors (Lipinski definition) is 1. The highest BCUT2D eigenvalue weighted by Crippen LogP contribution is 2.49. The number of amides is 1. The Morgan fingerprint density at radius 2 is 1.90 bits per heavy atom. The van der Waals surface area contributed by atoms with E-state index in [-0.39, 0.29) is 11.8 Å². The highest BCUT2D eigenvalue weighted by Gasteiger charge is 2.54. The molecule has 0 saturated heterocycles. The summed E-state index contributed by atoms with van der Waals surface area (Å²) in [6.07, 6.45) is 5.39. The molecular formula is C18H24N2O. The first kappa shape index (κ1) is 15.5. The molecule has 1 saturated carbocycles. The molecule has 112 valence electrons. The average Bonchev–Trinajstić information content (AvgIpc) is 2.48. The maximum Gasteiger partial charge on any atom is 0.234 e. The minimum Gasteiger partial charge on any atom is -0.334 e. The number of rotatable bonds is 7. The fraction of sp³-hybridized carbons (Fsp3) is 0.389. The first-order chi connectivity index (χ1) is 10.2. The fourth-order valence-corrected chi connectivity index (χ4v) is 3.31. The number of carbonyl (C=O) groups excluding carboxylic acids is 1. The third-order valence-electron chi connectivity index (χ3n) is 4.53. The molecule has 1 aromatic rings. The molecule has 0 bridgehead atoms. The Hall–Kier alpha value is -1.87. The van der Waals surface area contributed by atoms with Gasteiger partial charge in [0.2, 0.25) is 5.91 Å². The third kappa shape index (κ3) is 2.66. The van der Waals surface area contributed by atoms with Crippen molar-refractivity contribution in [3.05, 3.63) is 61.2 Å². The van der Waals surface area contributed by atoms with Gasteiger partial charge in [-0.15, -0.1) is 13.2 Å². The Morgan fingerprint density at radius 3 is 2.33 bits per heavy atom. The van der Waals surface area contributed by atoms with Gasteiger partial charge >= 0.3 is 0 Å². The summed E-state index contributed by atoms with van der Waals surface area (Å²) in [6, 6.07) is 10.0. The van der Waals surface area contributed by atoms with Gasteiger partial charge in [-0.25, -0.2) is 0 Å². The molecule has 1 aromatic carbocycles. The van der Waals surface area contributed by atoms with Crippen molar-refractivity contribution in [1.29, 1.82) is 0 Å². The zero-order valence-electron chi connectivity index (χ0n) is 12.5. The molecule has 2 rings (SSSR count). The third-order valence-corrected chi connectivity index (χ3v) is 4.53. The van der Waals surface area contributed by atoms with Crippen molar-refractivity contribution in [2.75, 3.05) is 19.6 Å². The Bertz CT molecular complexity index is 499. The lowest BCUT2D eigenvalue weighted by Crippen LogP contribution is -2.58. The molecule has 2 atom stereocenters. The second-order valence-electron chi connectivity index (χ2n) is 5.60. The van der Waals surface area contributed by atoms with Crippen molar-refractivity contribution in [3.8, 4) is 0 Å². The number of nitrogens with zero attached hydrogens (tertiary/aromatic N) is 1. The Balaban J connectivity index is 2.39. The van der Waals surface area contributed by atoms with E-state index in [1.807, 2.05) is 35.2 Å². The Kier molecular flexibility index (Phi) is 4.97. The molecule has 3 heteroatoms.